The van der Waals surface area contributed by atoms with E-state index in [0.717, 1.165) is 19.4 Å². The van der Waals surface area contributed by atoms with Gasteiger partial charge in [0.05, 0.1) is 0 Å². The molecule has 0 bridgehead atoms. The van der Waals surface area contributed by atoms with Crippen LogP contribution in [0, 0.1) is 11.8 Å². The Bertz CT molecular complexity index is 169. The molecule has 1 rings (SSSR count). The second kappa shape index (κ2) is 6.97. The minimum absolute atomic E-state index is 0.256. The van der Waals surface area contributed by atoms with Crippen molar-refractivity contribution in [3.63, 3.8) is 0 Å². The Morgan fingerprint density at radius 3 is 2.92 bits per heavy atom. The van der Waals surface area contributed by atoms with Crippen LogP contribution in [0.4, 0.5) is 0 Å². The van der Waals surface area contributed by atoms with Crippen LogP contribution in [-0.2, 0) is 4.74 Å². The van der Waals surface area contributed by atoms with Gasteiger partial charge in [0, 0.05) is 13.0 Å². The molecule has 1 aliphatic heterocycles. The average Bonchev–Trinajstić information content (AvgIpc) is 2.63. The lowest BCUT2D eigenvalue weighted by atomic mass is 10.1. The van der Waals surface area contributed by atoms with Crippen LogP contribution in [0.1, 0.15) is 51.9 Å². The van der Waals surface area contributed by atoms with E-state index in [1.54, 1.807) is 0 Å². The maximum Gasteiger partial charge on any atom is 0.118 e. The zero-order valence-electron chi connectivity index (χ0n) is 8.64. The smallest absolute Gasteiger partial charge is 0.118 e. The van der Waals surface area contributed by atoms with Gasteiger partial charge in [-0.05, 0) is 19.3 Å². The molecule has 1 aliphatic rings. The molecule has 0 aromatic heterocycles. The third-order valence-corrected chi connectivity index (χ3v) is 2.35. The predicted octanol–water partition coefficient (Wildman–Crippen LogP) is 3.14. The first-order chi connectivity index (χ1) is 6.43. The van der Waals surface area contributed by atoms with Gasteiger partial charge in [-0.2, -0.15) is 0 Å². The van der Waals surface area contributed by atoms with Gasteiger partial charge in [-0.25, -0.2) is 0 Å². The van der Waals surface area contributed by atoms with E-state index in [1.807, 2.05) is 0 Å². The molecule has 1 fully saturated rings. The molecule has 1 heterocycles. The fourth-order valence-corrected chi connectivity index (χ4v) is 1.52. The standard InChI is InChI=1S/C12H20O/c1-2-3-4-5-6-7-9-12-10-8-11-13-12/h12H,2-6,8,10-11H2,1H3. The summed E-state index contributed by atoms with van der Waals surface area (Å²) in [6.07, 6.45) is 8.88. The highest BCUT2D eigenvalue weighted by Crippen LogP contribution is 2.10. The zero-order valence-corrected chi connectivity index (χ0v) is 8.64. The summed E-state index contributed by atoms with van der Waals surface area (Å²) < 4.78 is 5.41. The maximum atomic E-state index is 5.41. The average molecular weight is 180 g/mol. The molecule has 1 saturated heterocycles. The summed E-state index contributed by atoms with van der Waals surface area (Å²) in [4.78, 5) is 0. The van der Waals surface area contributed by atoms with Crippen molar-refractivity contribution in [1.82, 2.24) is 0 Å². The summed E-state index contributed by atoms with van der Waals surface area (Å²) in [5, 5.41) is 0. The SMILES string of the molecule is CCCCCCC#CC1CCCO1. The van der Waals surface area contributed by atoms with Gasteiger partial charge in [0.2, 0.25) is 0 Å². The molecule has 1 heteroatoms. The molecule has 0 radical (unpaired) electrons. The van der Waals surface area contributed by atoms with Crippen molar-refractivity contribution >= 4 is 0 Å². The van der Waals surface area contributed by atoms with Crippen molar-refractivity contribution in [3.8, 4) is 11.8 Å². The monoisotopic (exact) mass is 180 g/mol. The highest BCUT2D eigenvalue weighted by molar-refractivity contribution is 5.06. The molecule has 1 atom stereocenters. The lowest BCUT2D eigenvalue weighted by Gasteiger charge is -1.97. The van der Waals surface area contributed by atoms with Crippen LogP contribution in [0.2, 0.25) is 0 Å². The van der Waals surface area contributed by atoms with E-state index in [4.69, 9.17) is 4.74 Å². The molecule has 0 aliphatic carbocycles. The minimum atomic E-state index is 0.256. The molecule has 0 aromatic rings. The maximum absolute atomic E-state index is 5.41. The minimum Gasteiger partial charge on any atom is -0.366 e. The van der Waals surface area contributed by atoms with E-state index in [0.29, 0.717) is 0 Å². The Hall–Kier alpha value is -0.480. The van der Waals surface area contributed by atoms with Crippen LogP contribution in [0.5, 0.6) is 0 Å². The van der Waals surface area contributed by atoms with Gasteiger partial charge in [0.25, 0.3) is 0 Å². The molecule has 0 saturated carbocycles. The van der Waals surface area contributed by atoms with Gasteiger partial charge in [-0.1, -0.05) is 32.1 Å². The van der Waals surface area contributed by atoms with Gasteiger partial charge < -0.3 is 4.74 Å². The van der Waals surface area contributed by atoms with Crippen molar-refractivity contribution in [3.05, 3.63) is 0 Å². The van der Waals surface area contributed by atoms with E-state index in [2.05, 4.69) is 18.8 Å². The van der Waals surface area contributed by atoms with E-state index in [-0.39, 0.29) is 6.10 Å². The second-order valence-corrected chi connectivity index (χ2v) is 3.63. The number of rotatable bonds is 4. The molecule has 1 nitrogen and oxygen atoms in total. The molecule has 0 aromatic carbocycles. The molecular weight excluding hydrogens is 160 g/mol. The predicted molar refractivity (Wildman–Crippen MR) is 55.5 cm³/mol. The van der Waals surface area contributed by atoms with Crippen LogP contribution >= 0.6 is 0 Å². The molecular formula is C12H20O. The summed E-state index contributed by atoms with van der Waals surface area (Å²) in [6.45, 7) is 3.15. The van der Waals surface area contributed by atoms with Gasteiger partial charge in [-0.3, -0.25) is 0 Å². The summed E-state index contributed by atoms with van der Waals surface area (Å²) in [6, 6.07) is 0. The highest BCUT2D eigenvalue weighted by Gasteiger charge is 2.11. The van der Waals surface area contributed by atoms with Crippen LogP contribution in [0.15, 0.2) is 0 Å². The quantitative estimate of drug-likeness (QED) is 0.477. The van der Waals surface area contributed by atoms with Crippen LogP contribution in [0.25, 0.3) is 0 Å². The Kier molecular flexibility index (Phi) is 5.69. The van der Waals surface area contributed by atoms with Gasteiger partial charge >= 0.3 is 0 Å². The van der Waals surface area contributed by atoms with Crippen LogP contribution < -0.4 is 0 Å². The normalized spacial score (nSPS) is 21.2. The third kappa shape index (κ3) is 4.95. The first-order valence-corrected chi connectivity index (χ1v) is 5.53. The second-order valence-electron chi connectivity index (χ2n) is 3.63. The Labute approximate surface area is 81.9 Å². The molecule has 0 spiro atoms. The summed E-state index contributed by atoms with van der Waals surface area (Å²) in [5.41, 5.74) is 0. The van der Waals surface area contributed by atoms with E-state index >= 15 is 0 Å². The molecule has 0 amide bonds. The number of unbranched alkanes of at least 4 members (excludes halogenated alkanes) is 4. The molecule has 13 heavy (non-hydrogen) atoms. The van der Waals surface area contributed by atoms with Gasteiger partial charge in [-0.15, -0.1) is 5.92 Å². The van der Waals surface area contributed by atoms with Crippen LogP contribution in [0.3, 0.4) is 0 Å². The lowest BCUT2D eigenvalue weighted by molar-refractivity contribution is 0.152. The number of ether oxygens (including phenoxy) is 1. The summed E-state index contributed by atoms with van der Waals surface area (Å²) >= 11 is 0. The largest absolute Gasteiger partial charge is 0.366 e. The number of hydrogen-bond acceptors (Lipinski definition) is 1. The third-order valence-electron chi connectivity index (χ3n) is 2.35. The van der Waals surface area contributed by atoms with E-state index in [1.165, 1.54) is 32.1 Å². The van der Waals surface area contributed by atoms with E-state index < -0.39 is 0 Å². The number of hydrogen-bond donors (Lipinski definition) is 0. The van der Waals surface area contributed by atoms with Gasteiger partial charge in [0.15, 0.2) is 0 Å². The topological polar surface area (TPSA) is 9.23 Å². The lowest BCUT2D eigenvalue weighted by Crippen LogP contribution is -1.99. The summed E-state index contributed by atoms with van der Waals surface area (Å²) in [5.74, 6) is 6.40. The summed E-state index contributed by atoms with van der Waals surface area (Å²) in [7, 11) is 0. The van der Waals surface area contributed by atoms with Crippen molar-refractivity contribution in [2.24, 2.45) is 0 Å². The van der Waals surface area contributed by atoms with Crippen LogP contribution in [-0.4, -0.2) is 12.7 Å². The molecule has 0 N–H and O–H groups in total. The fourth-order valence-electron chi connectivity index (χ4n) is 1.52. The highest BCUT2D eigenvalue weighted by atomic mass is 16.5. The Balaban J connectivity index is 1.96. The van der Waals surface area contributed by atoms with Gasteiger partial charge in [0.1, 0.15) is 6.10 Å². The van der Waals surface area contributed by atoms with Crippen molar-refractivity contribution < 1.29 is 4.74 Å². The fraction of sp³-hybridized carbons (Fsp3) is 0.833. The first-order valence-electron chi connectivity index (χ1n) is 5.53. The zero-order chi connectivity index (χ0) is 9.36. The molecule has 1 unspecified atom stereocenters. The van der Waals surface area contributed by atoms with Crippen molar-refractivity contribution in [1.29, 1.82) is 0 Å². The van der Waals surface area contributed by atoms with Crippen molar-refractivity contribution in [2.75, 3.05) is 6.61 Å². The molecule has 74 valence electrons. The first kappa shape index (κ1) is 10.6. The van der Waals surface area contributed by atoms with E-state index in [9.17, 15) is 0 Å². The Morgan fingerprint density at radius 2 is 2.23 bits per heavy atom. The van der Waals surface area contributed by atoms with Crippen molar-refractivity contribution in [2.45, 2.75) is 58.0 Å². The Morgan fingerprint density at radius 1 is 1.31 bits per heavy atom.